The van der Waals surface area contributed by atoms with Crippen LogP contribution in [0.4, 0.5) is 4.39 Å². The fraction of sp³-hybridized carbons (Fsp3) is 0.348. The van der Waals surface area contributed by atoms with Crippen molar-refractivity contribution >= 4 is 49.3 Å². The van der Waals surface area contributed by atoms with Gasteiger partial charge >= 0.3 is 7.12 Å². The molecule has 2 fully saturated rings. The van der Waals surface area contributed by atoms with E-state index in [0.29, 0.717) is 37.8 Å². The highest BCUT2D eigenvalue weighted by Crippen LogP contribution is 2.51. The molecule has 3 aliphatic rings. The summed E-state index contributed by atoms with van der Waals surface area (Å²) in [7, 11) is -4.11. The Labute approximate surface area is 331 Å². The van der Waals surface area contributed by atoms with Crippen LogP contribution in [0.15, 0.2) is 120 Å². The average Bonchev–Trinajstić information content (AvgIpc) is 3.43. The van der Waals surface area contributed by atoms with E-state index in [-0.39, 0.29) is 29.8 Å². The van der Waals surface area contributed by atoms with E-state index in [2.05, 4.69) is 69.3 Å². The van der Waals surface area contributed by atoms with E-state index in [4.69, 9.17) is 9.08 Å². The van der Waals surface area contributed by atoms with Crippen molar-refractivity contribution in [3.63, 3.8) is 0 Å². The molecule has 0 bridgehead atoms. The van der Waals surface area contributed by atoms with Crippen molar-refractivity contribution in [3.8, 4) is 5.75 Å². The summed E-state index contributed by atoms with van der Waals surface area (Å²) < 4.78 is 28.4. The van der Waals surface area contributed by atoms with Crippen molar-refractivity contribution in [3.05, 3.63) is 137 Å². The maximum Gasteiger partial charge on any atom is 0.455 e. The third-order valence-corrected chi connectivity index (χ3v) is 16.8. The van der Waals surface area contributed by atoms with Crippen molar-refractivity contribution in [2.24, 2.45) is 17.8 Å². The first-order valence-electron chi connectivity index (χ1n) is 19.8. The maximum absolute atomic E-state index is 14.5. The summed E-state index contributed by atoms with van der Waals surface area (Å²) in [5.74, 6) is -2.92. The Balaban J connectivity index is 1.32. The van der Waals surface area contributed by atoms with Gasteiger partial charge in [-0.1, -0.05) is 131 Å². The summed E-state index contributed by atoms with van der Waals surface area (Å²) in [6.45, 7) is 9.29. The molecule has 2 heterocycles. The van der Waals surface area contributed by atoms with Crippen LogP contribution in [-0.2, 0) is 18.7 Å². The zero-order valence-electron chi connectivity index (χ0n) is 32.7. The van der Waals surface area contributed by atoms with Gasteiger partial charge < -0.3 is 19.2 Å². The smallest absolute Gasteiger partial charge is 0.455 e. The summed E-state index contributed by atoms with van der Waals surface area (Å²) in [5, 5.41) is 23.2. The first kappa shape index (κ1) is 39.6. The molecule has 0 unspecified atom stereocenters. The lowest BCUT2D eigenvalue weighted by Gasteiger charge is -2.46. The Bertz CT molecular complexity index is 2060. The number of carbonyl (C=O) groups excluding carboxylic acids is 2. The summed E-state index contributed by atoms with van der Waals surface area (Å²) >= 11 is 0. The Morgan fingerprint density at radius 2 is 1.55 bits per heavy atom. The number of fused-ring (bicyclic) bond motifs is 3. The van der Waals surface area contributed by atoms with Crippen LogP contribution in [-0.4, -0.2) is 61.5 Å². The zero-order valence-corrected chi connectivity index (χ0v) is 33.7. The molecule has 4 aromatic rings. The van der Waals surface area contributed by atoms with Gasteiger partial charge in [0.25, 0.3) is 8.32 Å². The number of hydrogen-bond acceptors (Lipinski definition) is 6. The predicted molar refractivity (Wildman–Crippen MR) is 222 cm³/mol. The van der Waals surface area contributed by atoms with Gasteiger partial charge in [0, 0.05) is 6.54 Å². The fourth-order valence-electron chi connectivity index (χ4n) is 9.42. The molecule has 2 N–H and O–H groups in total. The number of aromatic hydroxyl groups is 1. The van der Waals surface area contributed by atoms with Gasteiger partial charge in [-0.15, -0.1) is 0 Å². The first-order chi connectivity index (χ1) is 26.9. The molecule has 290 valence electrons. The third kappa shape index (κ3) is 7.60. The van der Waals surface area contributed by atoms with Crippen LogP contribution < -0.4 is 10.4 Å². The van der Waals surface area contributed by atoms with Crippen LogP contribution >= 0.6 is 0 Å². The van der Waals surface area contributed by atoms with E-state index >= 15 is 0 Å². The van der Waals surface area contributed by atoms with Crippen LogP contribution in [0, 0.1) is 23.6 Å². The number of allylic oxidation sites excluding steroid dienone is 1. The minimum Gasteiger partial charge on any atom is -0.505 e. The Morgan fingerprint density at radius 1 is 0.929 bits per heavy atom. The van der Waals surface area contributed by atoms with E-state index in [0.717, 1.165) is 32.7 Å². The Morgan fingerprint density at radius 3 is 2.14 bits per heavy atom. The highest BCUT2D eigenvalue weighted by molar-refractivity contribution is 6.99. The van der Waals surface area contributed by atoms with Crippen molar-refractivity contribution in [1.82, 2.24) is 4.90 Å². The molecule has 1 aliphatic carbocycles. The van der Waals surface area contributed by atoms with Crippen LogP contribution in [0.3, 0.4) is 0 Å². The van der Waals surface area contributed by atoms with Crippen molar-refractivity contribution in [2.75, 3.05) is 13.2 Å². The molecule has 4 atom stereocenters. The lowest BCUT2D eigenvalue weighted by molar-refractivity contribution is -0.140. The van der Waals surface area contributed by atoms with Gasteiger partial charge in [0.05, 0.1) is 24.5 Å². The van der Waals surface area contributed by atoms with Crippen molar-refractivity contribution in [1.29, 1.82) is 0 Å². The highest BCUT2D eigenvalue weighted by Gasteiger charge is 2.58. The SMILES string of the molecule is CCCN1C(=O)[C@@H]2[C@@H](CC(CO[Si](c3ccccc3)(c3ccccc3)C(C)(C)C)=C3[C@@H](CC/C(=C/c4ccc(O)c(F)c4)c4ccccc4)OB(O)C[C@@H]32)C1=O. The van der Waals surface area contributed by atoms with E-state index in [1.165, 1.54) is 17.0 Å². The number of rotatable bonds is 12. The standard InChI is InChI=1S/C46H51BFNO6Si/c1-5-25-49-44(51)37-28-34(30-54-56(46(2,3)4,35-17-11-7-12-18-35)36-19-13-8-14-20-36)42-38(43(37)45(49)52)29-47(53)55-41(42)24-22-33(32-15-9-6-10-16-32)26-31-21-23-40(50)39(48)27-31/h6-21,23,26-27,37-38,41,43,50,53H,5,22,24-25,28-30H2,1-4H3/b33-26-/t37-,38+,41-,43-/m1/s1. The van der Waals surface area contributed by atoms with Gasteiger partial charge in [-0.25, -0.2) is 4.39 Å². The number of nitrogens with zero attached hydrogens (tertiary/aromatic N) is 1. The minimum atomic E-state index is -2.99. The van der Waals surface area contributed by atoms with Crippen molar-refractivity contribution < 1.29 is 33.2 Å². The molecule has 2 amide bonds. The van der Waals surface area contributed by atoms with Crippen molar-refractivity contribution in [2.45, 2.75) is 70.8 Å². The summed E-state index contributed by atoms with van der Waals surface area (Å²) in [6, 6.07) is 35.1. The van der Waals surface area contributed by atoms with Gasteiger partial charge in [0.1, 0.15) is 0 Å². The maximum atomic E-state index is 14.5. The third-order valence-electron chi connectivity index (χ3n) is 11.9. The van der Waals surface area contributed by atoms with Crippen LogP contribution in [0.25, 0.3) is 11.6 Å². The van der Waals surface area contributed by atoms with Gasteiger partial charge in [-0.3, -0.25) is 14.5 Å². The van der Waals surface area contributed by atoms with Gasteiger partial charge in [0.2, 0.25) is 11.8 Å². The number of imide groups is 1. The molecular weight excluding hydrogens is 720 g/mol. The van der Waals surface area contributed by atoms with Crippen LogP contribution in [0.1, 0.15) is 64.5 Å². The number of phenols is 1. The van der Waals surface area contributed by atoms with Gasteiger partial charge in [-0.05, 0) is 93.3 Å². The monoisotopic (exact) mass is 771 g/mol. The topological polar surface area (TPSA) is 96.3 Å². The largest absolute Gasteiger partial charge is 0.505 e. The molecule has 0 spiro atoms. The molecule has 7 nitrogen and oxygen atoms in total. The molecule has 56 heavy (non-hydrogen) atoms. The molecule has 10 heteroatoms. The highest BCUT2D eigenvalue weighted by atomic mass is 28.4. The molecule has 2 aliphatic heterocycles. The molecule has 0 radical (unpaired) electrons. The van der Waals surface area contributed by atoms with E-state index in [9.17, 15) is 24.1 Å². The number of halogens is 1. The minimum absolute atomic E-state index is 0.142. The fourth-order valence-corrected chi connectivity index (χ4v) is 14.0. The second-order valence-electron chi connectivity index (χ2n) is 16.4. The molecule has 0 aromatic heterocycles. The van der Waals surface area contributed by atoms with E-state index in [1.807, 2.05) is 55.5 Å². The van der Waals surface area contributed by atoms with E-state index in [1.54, 1.807) is 6.07 Å². The number of carbonyl (C=O) groups is 2. The van der Waals surface area contributed by atoms with Crippen LogP contribution in [0.5, 0.6) is 5.75 Å². The lowest BCUT2D eigenvalue weighted by atomic mass is 9.58. The van der Waals surface area contributed by atoms with Crippen LogP contribution in [0.2, 0.25) is 11.4 Å². The van der Waals surface area contributed by atoms with E-state index < -0.39 is 50.9 Å². The lowest BCUT2D eigenvalue weighted by Crippen LogP contribution is -2.66. The Kier molecular flexibility index (Phi) is 11.7. The second kappa shape index (κ2) is 16.5. The number of amides is 2. The molecule has 0 saturated carbocycles. The summed E-state index contributed by atoms with van der Waals surface area (Å²) in [6.07, 6.45) is 3.58. The Hall–Kier alpha value is -4.61. The zero-order chi connectivity index (χ0) is 39.6. The average molecular weight is 772 g/mol. The number of hydrogen-bond donors (Lipinski definition) is 2. The second-order valence-corrected chi connectivity index (χ2v) is 20.7. The summed E-state index contributed by atoms with van der Waals surface area (Å²) in [4.78, 5) is 29.6. The number of phenolic OH excluding ortho intramolecular Hbond substituents is 1. The van der Waals surface area contributed by atoms with Gasteiger partial charge in [-0.2, -0.15) is 0 Å². The normalized spacial score (nSPS) is 21.7. The molecule has 4 aromatic carbocycles. The quantitative estimate of drug-likeness (QED) is 0.0666. The predicted octanol–water partition coefficient (Wildman–Crippen LogP) is 7.64. The van der Waals surface area contributed by atoms with Gasteiger partial charge in [0.15, 0.2) is 11.6 Å². The number of likely N-dealkylation sites (tertiary alicyclic amines) is 1. The number of benzene rings is 4. The first-order valence-corrected chi connectivity index (χ1v) is 21.7. The molecule has 7 rings (SSSR count). The molecule has 2 saturated heterocycles. The molecular formula is C46H51BFNO6Si. The summed E-state index contributed by atoms with van der Waals surface area (Å²) in [5.41, 5.74) is 4.40.